The van der Waals surface area contributed by atoms with Crippen molar-refractivity contribution >= 4 is 5.91 Å². The zero-order chi connectivity index (χ0) is 15.2. The summed E-state index contributed by atoms with van der Waals surface area (Å²) in [6, 6.07) is 4.72. The van der Waals surface area contributed by atoms with Gasteiger partial charge in [0.2, 0.25) is 5.91 Å². The Hall–Kier alpha value is -1.50. The fraction of sp³-hybridized carbons (Fsp3) is 0.533. The van der Waals surface area contributed by atoms with Crippen molar-refractivity contribution in [2.75, 3.05) is 13.7 Å². The Labute approximate surface area is 123 Å². The van der Waals surface area contributed by atoms with Gasteiger partial charge in [0.1, 0.15) is 11.9 Å². The number of carbonyl (C=O) groups excluding carboxylic acids is 1. The molecule has 0 aliphatic carbocycles. The zero-order valence-electron chi connectivity index (χ0n) is 12.1. The Morgan fingerprint density at radius 1 is 1.52 bits per heavy atom. The van der Waals surface area contributed by atoms with Crippen LogP contribution in [-0.2, 0) is 27.4 Å². The van der Waals surface area contributed by atoms with Crippen molar-refractivity contribution < 1.29 is 18.7 Å². The average molecular weight is 296 g/mol. The predicted molar refractivity (Wildman–Crippen MR) is 75.9 cm³/mol. The molecule has 0 unspecified atom stereocenters. The molecular formula is C15H21FN2O3. The topological polar surface area (TPSA) is 73.6 Å². The molecule has 0 aromatic heterocycles. The molecule has 0 spiro atoms. The van der Waals surface area contributed by atoms with Crippen molar-refractivity contribution in [2.45, 2.75) is 38.2 Å². The van der Waals surface area contributed by atoms with Gasteiger partial charge in [-0.15, -0.1) is 0 Å². The number of carbonyl (C=O) groups is 1. The van der Waals surface area contributed by atoms with Crippen LogP contribution in [0.4, 0.5) is 4.39 Å². The molecule has 1 aromatic carbocycles. The van der Waals surface area contributed by atoms with Crippen LogP contribution < -0.4 is 11.1 Å². The van der Waals surface area contributed by atoms with Gasteiger partial charge in [-0.3, -0.25) is 4.79 Å². The summed E-state index contributed by atoms with van der Waals surface area (Å²) in [6.45, 7) is 0.975. The SMILES string of the molecule is COCc1cc(CNC(=O)[C@@H]2CC[C@H](CN)O2)ccc1F. The summed E-state index contributed by atoms with van der Waals surface area (Å²) in [5.41, 5.74) is 6.82. The van der Waals surface area contributed by atoms with Gasteiger partial charge in [-0.2, -0.15) is 0 Å². The number of nitrogens with two attached hydrogens (primary N) is 1. The smallest absolute Gasteiger partial charge is 0.249 e. The van der Waals surface area contributed by atoms with Crippen molar-refractivity contribution in [3.63, 3.8) is 0 Å². The molecule has 1 amide bonds. The monoisotopic (exact) mass is 296 g/mol. The minimum absolute atomic E-state index is 0.0279. The van der Waals surface area contributed by atoms with Crippen LogP contribution >= 0.6 is 0 Å². The highest BCUT2D eigenvalue weighted by molar-refractivity contribution is 5.81. The van der Waals surface area contributed by atoms with Gasteiger partial charge in [0.05, 0.1) is 12.7 Å². The van der Waals surface area contributed by atoms with Crippen LogP contribution in [0.1, 0.15) is 24.0 Å². The first-order valence-electron chi connectivity index (χ1n) is 7.03. The first-order chi connectivity index (χ1) is 10.1. The van der Waals surface area contributed by atoms with Crippen molar-refractivity contribution in [1.82, 2.24) is 5.32 Å². The minimum atomic E-state index is -0.433. The van der Waals surface area contributed by atoms with E-state index in [9.17, 15) is 9.18 Å². The Balaban J connectivity index is 1.88. The van der Waals surface area contributed by atoms with Crippen molar-refractivity contribution in [3.05, 3.63) is 35.1 Å². The molecule has 2 rings (SSSR count). The lowest BCUT2D eigenvalue weighted by Crippen LogP contribution is -2.35. The van der Waals surface area contributed by atoms with Gasteiger partial charge in [-0.25, -0.2) is 4.39 Å². The lowest BCUT2D eigenvalue weighted by molar-refractivity contribution is -0.132. The second kappa shape index (κ2) is 7.49. The summed E-state index contributed by atoms with van der Waals surface area (Å²) in [4.78, 5) is 12.0. The Bertz CT molecular complexity index is 496. The zero-order valence-corrected chi connectivity index (χ0v) is 12.1. The number of hydrogen-bond donors (Lipinski definition) is 2. The second-order valence-electron chi connectivity index (χ2n) is 5.14. The number of halogens is 1. The second-order valence-corrected chi connectivity index (χ2v) is 5.14. The molecule has 1 saturated heterocycles. The van der Waals surface area contributed by atoms with E-state index in [-0.39, 0.29) is 24.4 Å². The largest absolute Gasteiger partial charge is 0.380 e. The van der Waals surface area contributed by atoms with Crippen LogP contribution in [0.3, 0.4) is 0 Å². The van der Waals surface area contributed by atoms with Crippen LogP contribution in [0, 0.1) is 5.82 Å². The van der Waals surface area contributed by atoms with Crippen LogP contribution in [0.2, 0.25) is 0 Å². The number of amides is 1. The lowest BCUT2D eigenvalue weighted by atomic mass is 10.1. The molecule has 1 aliphatic rings. The molecule has 116 valence electrons. The van der Waals surface area contributed by atoms with Gasteiger partial charge in [0.25, 0.3) is 0 Å². The molecule has 1 aromatic rings. The van der Waals surface area contributed by atoms with E-state index in [1.54, 1.807) is 12.1 Å². The van der Waals surface area contributed by atoms with Crippen molar-refractivity contribution in [2.24, 2.45) is 5.73 Å². The fourth-order valence-electron chi connectivity index (χ4n) is 2.38. The van der Waals surface area contributed by atoms with E-state index in [2.05, 4.69) is 5.32 Å². The Kier molecular flexibility index (Phi) is 5.67. The molecule has 0 bridgehead atoms. The van der Waals surface area contributed by atoms with E-state index in [0.29, 0.717) is 25.1 Å². The number of methoxy groups -OCH3 is 1. The van der Waals surface area contributed by atoms with Crippen LogP contribution in [0.15, 0.2) is 18.2 Å². The summed E-state index contributed by atoms with van der Waals surface area (Å²) < 4.78 is 23.9. The Morgan fingerprint density at radius 2 is 2.33 bits per heavy atom. The summed E-state index contributed by atoms with van der Waals surface area (Å²) in [6.07, 6.45) is 1.03. The molecule has 2 atom stereocenters. The third-order valence-electron chi connectivity index (χ3n) is 3.54. The maximum atomic E-state index is 13.5. The molecule has 6 heteroatoms. The number of benzene rings is 1. The number of nitrogens with one attached hydrogen (secondary N) is 1. The molecule has 1 fully saturated rings. The quantitative estimate of drug-likeness (QED) is 0.824. The van der Waals surface area contributed by atoms with Crippen molar-refractivity contribution in [3.8, 4) is 0 Å². The summed E-state index contributed by atoms with van der Waals surface area (Å²) in [5.74, 6) is -0.458. The molecule has 1 aliphatic heterocycles. The highest BCUT2D eigenvalue weighted by Crippen LogP contribution is 2.19. The van der Waals surface area contributed by atoms with Gasteiger partial charge in [0, 0.05) is 25.8 Å². The van der Waals surface area contributed by atoms with Gasteiger partial charge in [0.15, 0.2) is 0 Å². The summed E-state index contributed by atoms with van der Waals surface area (Å²) in [5, 5.41) is 2.81. The molecule has 5 nitrogen and oxygen atoms in total. The fourth-order valence-corrected chi connectivity index (χ4v) is 2.38. The molecule has 3 N–H and O–H groups in total. The Morgan fingerprint density at radius 3 is 3.00 bits per heavy atom. The average Bonchev–Trinajstić information content (AvgIpc) is 2.97. The van der Waals surface area contributed by atoms with E-state index < -0.39 is 6.10 Å². The summed E-state index contributed by atoms with van der Waals surface area (Å²) >= 11 is 0. The van der Waals surface area contributed by atoms with E-state index >= 15 is 0 Å². The first-order valence-corrected chi connectivity index (χ1v) is 7.03. The molecule has 0 radical (unpaired) electrons. The van der Waals surface area contributed by atoms with Crippen LogP contribution in [-0.4, -0.2) is 31.8 Å². The minimum Gasteiger partial charge on any atom is -0.380 e. The molecule has 1 heterocycles. The predicted octanol–water partition coefficient (Wildman–Crippen LogP) is 1.09. The van der Waals surface area contributed by atoms with Gasteiger partial charge in [-0.1, -0.05) is 6.07 Å². The van der Waals surface area contributed by atoms with Crippen LogP contribution in [0.25, 0.3) is 0 Å². The normalized spacial score (nSPS) is 21.5. The van der Waals surface area contributed by atoms with Gasteiger partial charge >= 0.3 is 0 Å². The third kappa shape index (κ3) is 4.23. The third-order valence-corrected chi connectivity index (χ3v) is 3.54. The van der Waals surface area contributed by atoms with Gasteiger partial charge in [-0.05, 0) is 30.5 Å². The first kappa shape index (κ1) is 15.9. The number of ether oxygens (including phenoxy) is 2. The standard InChI is InChI=1S/C15H21FN2O3/c1-20-9-11-6-10(2-4-13(11)16)8-18-15(19)14-5-3-12(7-17)21-14/h2,4,6,12,14H,3,5,7-9,17H2,1H3,(H,18,19)/t12-,14+/m1/s1. The maximum absolute atomic E-state index is 13.5. The maximum Gasteiger partial charge on any atom is 0.249 e. The molecule has 21 heavy (non-hydrogen) atoms. The number of rotatable bonds is 6. The van der Waals surface area contributed by atoms with Crippen molar-refractivity contribution in [1.29, 1.82) is 0 Å². The van der Waals surface area contributed by atoms with E-state index in [1.807, 2.05) is 0 Å². The highest BCUT2D eigenvalue weighted by atomic mass is 19.1. The van der Waals surface area contributed by atoms with Gasteiger partial charge < -0.3 is 20.5 Å². The number of hydrogen-bond acceptors (Lipinski definition) is 4. The van der Waals surface area contributed by atoms with E-state index in [0.717, 1.165) is 12.0 Å². The van der Waals surface area contributed by atoms with E-state index in [1.165, 1.54) is 13.2 Å². The molecular weight excluding hydrogens is 275 g/mol. The molecule has 0 saturated carbocycles. The van der Waals surface area contributed by atoms with E-state index in [4.69, 9.17) is 15.2 Å². The van der Waals surface area contributed by atoms with Crippen LogP contribution in [0.5, 0.6) is 0 Å². The summed E-state index contributed by atoms with van der Waals surface area (Å²) in [7, 11) is 1.51. The highest BCUT2D eigenvalue weighted by Gasteiger charge is 2.29. The lowest BCUT2D eigenvalue weighted by Gasteiger charge is -2.13.